The van der Waals surface area contributed by atoms with Gasteiger partial charge in [0.05, 0.1) is 26.4 Å². The van der Waals surface area contributed by atoms with Crippen LogP contribution in [0.4, 0.5) is 0 Å². The summed E-state index contributed by atoms with van der Waals surface area (Å²) in [4.78, 5) is 72.3. The molecule has 0 aliphatic heterocycles. The first kappa shape index (κ1) is 84.1. The van der Waals surface area contributed by atoms with Crippen molar-refractivity contribution < 1.29 is 80.2 Å². The van der Waals surface area contributed by atoms with Crippen LogP contribution in [0.5, 0.6) is 0 Å². The second-order valence-corrected chi connectivity index (χ2v) is 28.5. The van der Waals surface area contributed by atoms with E-state index in [1.54, 1.807) is 0 Å². The number of ether oxygens (including phenoxy) is 4. The van der Waals surface area contributed by atoms with Gasteiger partial charge in [-0.25, -0.2) is 9.13 Å². The molecule has 0 bridgehead atoms. The first-order valence-electron chi connectivity index (χ1n) is 34.8. The molecule has 0 radical (unpaired) electrons. The van der Waals surface area contributed by atoms with E-state index in [0.29, 0.717) is 25.7 Å². The van der Waals surface area contributed by atoms with Crippen molar-refractivity contribution >= 4 is 39.5 Å². The largest absolute Gasteiger partial charge is 0.472 e. The number of carbonyl (C=O) groups excluding carboxylic acids is 4. The van der Waals surface area contributed by atoms with E-state index in [0.717, 1.165) is 114 Å². The van der Waals surface area contributed by atoms with Crippen LogP contribution in [0.25, 0.3) is 0 Å². The molecule has 0 fully saturated rings. The molecule has 0 aliphatic carbocycles. The van der Waals surface area contributed by atoms with Crippen molar-refractivity contribution in [1.82, 2.24) is 0 Å². The number of rotatable bonds is 65. The van der Waals surface area contributed by atoms with Crippen LogP contribution >= 0.6 is 15.6 Å². The quantitative estimate of drug-likeness (QED) is 0.0222. The number of carbonyl (C=O) groups is 4. The molecule has 0 saturated heterocycles. The number of unbranched alkanes of at least 4 members (excludes halogenated alkanes) is 33. The number of hydrogen-bond donors (Lipinski definition) is 3. The average Bonchev–Trinajstić information content (AvgIpc) is 3.68. The van der Waals surface area contributed by atoms with Crippen LogP contribution in [0, 0.1) is 17.8 Å². The Bertz CT molecular complexity index is 1700. The highest BCUT2D eigenvalue weighted by molar-refractivity contribution is 7.47. The van der Waals surface area contributed by atoms with Crippen LogP contribution in [-0.4, -0.2) is 96.7 Å². The zero-order valence-electron chi connectivity index (χ0n) is 55.8. The first-order valence-corrected chi connectivity index (χ1v) is 37.8. The molecule has 0 aromatic heterocycles. The number of aliphatic hydroxyl groups excluding tert-OH is 1. The normalized spacial score (nSPS) is 14.3. The highest BCUT2D eigenvalue weighted by atomic mass is 31.2. The van der Waals surface area contributed by atoms with Gasteiger partial charge in [0.2, 0.25) is 0 Å². The fourth-order valence-corrected chi connectivity index (χ4v) is 11.6. The molecule has 5 atom stereocenters. The Morgan fingerprint density at radius 2 is 0.535 bits per heavy atom. The van der Waals surface area contributed by atoms with Gasteiger partial charge in [0.25, 0.3) is 0 Å². The number of esters is 4. The Balaban J connectivity index is 5.24. The summed E-state index contributed by atoms with van der Waals surface area (Å²) in [6, 6.07) is 0. The molecular formula is C67H130O17P2. The van der Waals surface area contributed by atoms with Crippen molar-refractivity contribution in [3.05, 3.63) is 0 Å². The van der Waals surface area contributed by atoms with Crippen LogP contribution in [0.2, 0.25) is 0 Å². The Kier molecular flexibility index (Phi) is 56.9. The predicted molar refractivity (Wildman–Crippen MR) is 344 cm³/mol. The molecule has 0 aromatic rings. The lowest BCUT2D eigenvalue weighted by atomic mass is 10.0. The minimum Gasteiger partial charge on any atom is -0.462 e. The van der Waals surface area contributed by atoms with Crippen molar-refractivity contribution in [3.8, 4) is 0 Å². The maximum Gasteiger partial charge on any atom is 0.472 e. The van der Waals surface area contributed by atoms with Crippen molar-refractivity contribution in [2.45, 2.75) is 349 Å². The minimum absolute atomic E-state index is 0.105. The molecule has 0 saturated carbocycles. The highest BCUT2D eigenvalue weighted by Gasteiger charge is 2.30. The van der Waals surface area contributed by atoms with Crippen molar-refractivity contribution in [1.29, 1.82) is 0 Å². The second kappa shape index (κ2) is 58.2. The van der Waals surface area contributed by atoms with E-state index in [1.165, 1.54) is 135 Å². The van der Waals surface area contributed by atoms with E-state index in [4.69, 9.17) is 37.0 Å². The predicted octanol–water partition coefficient (Wildman–Crippen LogP) is 18.7. The van der Waals surface area contributed by atoms with E-state index >= 15 is 0 Å². The summed E-state index contributed by atoms with van der Waals surface area (Å²) in [6.07, 6.45) is 40.3. The third-order valence-corrected chi connectivity index (χ3v) is 17.3. The fraction of sp³-hybridized carbons (Fsp3) is 0.940. The summed E-state index contributed by atoms with van der Waals surface area (Å²) in [5.74, 6) is 0.114. The van der Waals surface area contributed by atoms with Crippen LogP contribution < -0.4 is 0 Å². The number of phosphoric ester groups is 2. The molecule has 17 nitrogen and oxygen atoms in total. The molecule has 0 aliphatic rings. The Morgan fingerprint density at radius 1 is 0.314 bits per heavy atom. The van der Waals surface area contributed by atoms with Gasteiger partial charge in [0.15, 0.2) is 12.2 Å². The van der Waals surface area contributed by atoms with E-state index in [-0.39, 0.29) is 25.7 Å². The lowest BCUT2D eigenvalue weighted by molar-refractivity contribution is -0.161. The van der Waals surface area contributed by atoms with Gasteiger partial charge in [-0.15, -0.1) is 0 Å². The summed E-state index contributed by atoms with van der Waals surface area (Å²) in [5, 5.41) is 10.6. The molecule has 0 heterocycles. The topological polar surface area (TPSA) is 237 Å². The van der Waals surface area contributed by atoms with Gasteiger partial charge >= 0.3 is 39.5 Å². The van der Waals surface area contributed by atoms with Crippen LogP contribution in [0.3, 0.4) is 0 Å². The zero-order chi connectivity index (χ0) is 63.8. The molecule has 0 amide bonds. The molecule has 0 aromatic carbocycles. The van der Waals surface area contributed by atoms with Crippen LogP contribution in [0.1, 0.15) is 331 Å². The molecule has 0 spiro atoms. The van der Waals surface area contributed by atoms with Crippen LogP contribution in [-0.2, 0) is 65.4 Å². The molecule has 19 heteroatoms. The third kappa shape index (κ3) is 60.9. The Hall–Kier alpha value is -1.94. The van der Waals surface area contributed by atoms with Gasteiger partial charge in [-0.2, -0.15) is 0 Å². The molecule has 86 heavy (non-hydrogen) atoms. The Morgan fingerprint density at radius 3 is 0.791 bits per heavy atom. The van der Waals surface area contributed by atoms with Crippen molar-refractivity contribution in [2.24, 2.45) is 17.8 Å². The maximum absolute atomic E-state index is 13.0. The van der Waals surface area contributed by atoms with Crippen molar-refractivity contribution in [2.75, 3.05) is 39.6 Å². The first-order chi connectivity index (χ1) is 41.2. The van der Waals surface area contributed by atoms with E-state index in [9.17, 15) is 43.2 Å². The summed E-state index contributed by atoms with van der Waals surface area (Å²) >= 11 is 0. The molecule has 2 unspecified atom stereocenters. The lowest BCUT2D eigenvalue weighted by Crippen LogP contribution is -2.30. The second-order valence-electron chi connectivity index (χ2n) is 25.6. The number of hydrogen-bond acceptors (Lipinski definition) is 15. The Labute approximate surface area is 524 Å². The molecule has 0 rings (SSSR count). The molecular weight excluding hydrogens is 1140 g/mol. The monoisotopic (exact) mass is 1270 g/mol. The number of aliphatic hydroxyl groups is 1. The van der Waals surface area contributed by atoms with Crippen molar-refractivity contribution in [3.63, 3.8) is 0 Å². The zero-order valence-corrected chi connectivity index (χ0v) is 57.6. The fourth-order valence-electron chi connectivity index (χ4n) is 10.0. The van der Waals surface area contributed by atoms with E-state index in [2.05, 4.69) is 48.5 Å². The SMILES string of the molecule is CCCCCCCCCCC(=O)OC[C@H](COP(=O)(O)OC[C@H](O)COP(=O)(O)OC[C@@H](COC(=O)CCCCCCCCCCCCC(C)C)OC(=O)CCCCCCCCCCCCC(C)C)OC(=O)CCCCCCCCCCCC(C)C. The van der Waals surface area contributed by atoms with Gasteiger partial charge in [0.1, 0.15) is 19.3 Å². The number of phosphoric acid groups is 2. The van der Waals surface area contributed by atoms with Gasteiger partial charge in [-0.1, -0.05) is 280 Å². The third-order valence-electron chi connectivity index (χ3n) is 15.4. The lowest BCUT2D eigenvalue weighted by Gasteiger charge is -2.21. The summed E-state index contributed by atoms with van der Waals surface area (Å²) in [5.41, 5.74) is 0. The van der Waals surface area contributed by atoms with E-state index in [1.807, 2.05) is 0 Å². The standard InChI is InChI=1S/C67H130O17P2/c1-8-9-10-11-12-27-34-41-48-64(69)77-54-62(84-67(72)51-44-37-30-23-17-20-26-33-40-47-60(6)7)56-81-85(73,74)79-52-61(68)53-80-86(75,76)82-57-63(83-66(71)50-43-36-29-22-16-14-19-25-32-39-46-59(4)5)55-78-65(70)49-42-35-28-21-15-13-18-24-31-38-45-58(2)3/h58-63,68H,8-57H2,1-7H3,(H,73,74)(H,75,76)/t61-,62+,63+/m0/s1. The molecule has 510 valence electrons. The molecule has 3 N–H and O–H groups in total. The average molecular weight is 1270 g/mol. The van der Waals surface area contributed by atoms with Gasteiger partial charge < -0.3 is 33.8 Å². The van der Waals surface area contributed by atoms with Crippen LogP contribution in [0.15, 0.2) is 0 Å². The highest BCUT2D eigenvalue weighted by Crippen LogP contribution is 2.45. The van der Waals surface area contributed by atoms with E-state index < -0.39 is 97.5 Å². The van der Waals surface area contributed by atoms with Gasteiger partial charge in [0, 0.05) is 25.7 Å². The summed E-state index contributed by atoms with van der Waals surface area (Å²) < 4.78 is 68.1. The summed E-state index contributed by atoms with van der Waals surface area (Å²) in [6.45, 7) is 11.8. The summed E-state index contributed by atoms with van der Waals surface area (Å²) in [7, 11) is -9.89. The smallest absolute Gasteiger partial charge is 0.462 e. The minimum atomic E-state index is -4.95. The maximum atomic E-state index is 13.0. The van der Waals surface area contributed by atoms with Gasteiger partial charge in [-0.3, -0.25) is 37.3 Å². The van der Waals surface area contributed by atoms with Gasteiger partial charge in [-0.05, 0) is 43.4 Å².